The predicted octanol–water partition coefficient (Wildman–Crippen LogP) is 1.74. The Bertz CT molecular complexity index is 682. The maximum atomic E-state index is 12.9. The number of amides is 1. The van der Waals surface area contributed by atoms with E-state index in [9.17, 15) is 9.18 Å². The fourth-order valence-electron chi connectivity index (χ4n) is 2.66. The zero-order chi connectivity index (χ0) is 16.9. The quantitative estimate of drug-likeness (QED) is 0.891. The number of nitrogens with zero attached hydrogens (tertiary/aromatic N) is 4. The van der Waals surface area contributed by atoms with Crippen LogP contribution in [0, 0.1) is 12.7 Å². The number of aromatic nitrogens is 2. The summed E-state index contributed by atoms with van der Waals surface area (Å²) in [4.78, 5) is 16.5. The molecule has 1 aliphatic heterocycles. The van der Waals surface area contributed by atoms with Gasteiger partial charge >= 0.3 is 0 Å². The first-order valence-electron chi connectivity index (χ1n) is 7.87. The minimum atomic E-state index is -0.208. The van der Waals surface area contributed by atoms with Crippen molar-refractivity contribution in [3.05, 3.63) is 40.7 Å². The van der Waals surface area contributed by atoms with Gasteiger partial charge in [-0.25, -0.2) is 4.39 Å². The molecule has 0 spiro atoms. The summed E-state index contributed by atoms with van der Waals surface area (Å²) < 4.78 is 12.9. The van der Waals surface area contributed by atoms with Crippen molar-refractivity contribution >= 4 is 22.4 Å². The van der Waals surface area contributed by atoms with Crippen molar-refractivity contribution < 1.29 is 9.18 Å². The van der Waals surface area contributed by atoms with Gasteiger partial charge in [-0.05, 0) is 24.6 Å². The highest BCUT2D eigenvalue weighted by Gasteiger charge is 2.19. The van der Waals surface area contributed by atoms with Gasteiger partial charge in [0.25, 0.3) is 0 Å². The number of hydrogen-bond acceptors (Lipinski definition) is 6. The lowest BCUT2D eigenvalue weighted by Gasteiger charge is -2.34. The van der Waals surface area contributed by atoms with Crippen LogP contribution in [0.3, 0.4) is 0 Å². The standard InChI is InChI=1S/C16H20FN5OS/c1-12-19-20-16(24-12)18-15(23)11-22-8-6-21(7-9-22)10-13-2-4-14(17)5-3-13/h2-5H,6-11H2,1H3,(H,18,20,23). The SMILES string of the molecule is Cc1nnc(NC(=O)CN2CCN(Cc3ccc(F)cc3)CC2)s1. The Morgan fingerprint density at radius 3 is 2.46 bits per heavy atom. The van der Waals surface area contributed by atoms with E-state index in [-0.39, 0.29) is 11.7 Å². The molecule has 1 aromatic carbocycles. The number of benzene rings is 1. The molecule has 0 aliphatic carbocycles. The monoisotopic (exact) mass is 349 g/mol. The van der Waals surface area contributed by atoms with Crippen LogP contribution in [0.1, 0.15) is 10.6 Å². The van der Waals surface area contributed by atoms with Crippen molar-refractivity contribution in [2.45, 2.75) is 13.5 Å². The summed E-state index contributed by atoms with van der Waals surface area (Å²) in [6.07, 6.45) is 0. The van der Waals surface area contributed by atoms with Gasteiger partial charge in [0.05, 0.1) is 6.54 Å². The molecule has 24 heavy (non-hydrogen) atoms. The molecule has 1 saturated heterocycles. The van der Waals surface area contributed by atoms with Gasteiger partial charge in [0, 0.05) is 32.7 Å². The molecule has 0 atom stereocenters. The first-order valence-corrected chi connectivity index (χ1v) is 8.69. The molecule has 1 fully saturated rings. The fraction of sp³-hybridized carbons (Fsp3) is 0.438. The third kappa shape index (κ3) is 4.80. The van der Waals surface area contributed by atoms with Gasteiger partial charge in [-0.2, -0.15) is 0 Å². The molecule has 1 N–H and O–H groups in total. The Balaban J connectivity index is 1.41. The molecule has 8 heteroatoms. The van der Waals surface area contributed by atoms with Gasteiger partial charge in [-0.1, -0.05) is 23.5 Å². The van der Waals surface area contributed by atoms with E-state index in [2.05, 4.69) is 25.3 Å². The van der Waals surface area contributed by atoms with E-state index in [0.29, 0.717) is 11.7 Å². The molecule has 1 amide bonds. The topological polar surface area (TPSA) is 61.4 Å². The van der Waals surface area contributed by atoms with Crippen LogP contribution >= 0.6 is 11.3 Å². The summed E-state index contributed by atoms with van der Waals surface area (Å²) in [7, 11) is 0. The zero-order valence-corrected chi connectivity index (χ0v) is 14.4. The van der Waals surface area contributed by atoms with E-state index in [1.165, 1.54) is 23.5 Å². The second-order valence-corrected chi connectivity index (χ2v) is 7.03. The molecule has 0 saturated carbocycles. The normalized spacial score (nSPS) is 16.2. The number of halogens is 1. The van der Waals surface area contributed by atoms with Crippen LogP contribution < -0.4 is 5.32 Å². The van der Waals surface area contributed by atoms with Gasteiger partial charge in [-0.3, -0.25) is 19.9 Å². The summed E-state index contributed by atoms with van der Waals surface area (Å²) >= 11 is 1.37. The lowest BCUT2D eigenvalue weighted by molar-refractivity contribution is -0.117. The third-order valence-electron chi connectivity index (χ3n) is 3.92. The molecule has 1 aliphatic rings. The van der Waals surface area contributed by atoms with Crippen molar-refractivity contribution in [3.8, 4) is 0 Å². The van der Waals surface area contributed by atoms with E-state index in [1.54, 1.807) is 0 Å². The van der Waals surface area contributed by atoms with Crippen molar-refractivity contribution in [2.75, 3.05) is 38.0 Å². The van der Waals surface area contributed by atoms with E-state index in [1.807, 2.05) is 19.1 Å². The Kier molecular flexibility index (Phi) is 5.49. The largest absolute Gasteiger partial charge is 0.299 e. The maximum Gasteiger partial charge on any atom is 0.240 e. The Morgan fingerprint density at radius 2 is 1.83 bits per heavy atom. The lowest BCUT2D eigenvalue weighted by Crippen LogP contribution is -2.48. The molecular weight excluding hydrogens is 329 g/mol. The van der Waals surface area contributed by atoms with Crippen LogP contribution in [-0.4, -0.2) is 58.6 Å². The predicted molar refractivity (Wildman–Crippen MR) is 91.4 cm³/mol. The molecule has 2 aromatic rings. The minimum absolute atomic E-state index is 0.0573. The smallest absolute Gasteiger partial charge is 0.240 e. The van der Waals surface area contributed by atoms with Gasteiger partial charge in [0.2, 0.25) is 11.0 Å². The summed E-state index contributed by atoms with van der Waals surface area (Å²) in [6.45, 7) is 6.49. The molecule has 2 heterocycles. The van der Waals surface area contributed by atoms with Gasteiger partial charge in [-0.15, -0.1) is 10.2 Å². The third-order valence-corrected chi connectivity index (χ3v) is 4.68. The number of nitrogens with one attached hydrogen (secondary N) is 1. The Labute approximate surface area is 144 Å². The molecule has 6 nitrogen and oxygen atoms in total. The average Bonchev–Trinajstić information content (AvgIpc) is 2.96. The Morgan fingerprint density at radius 1 is 1.17 bits per heavy atom. The number of carbonyl (C=O) groups excluding carboxylic acids is 1. The lowest BCUT2D eigenvalue weighted by atomic mass is 10.2. The van der Waals surface area contributed by atoms with Gasteiger partial charge in [0.1, 0.15) is 10.8 Å². The number of aryl methyl sites for hydroxylation is 1. The van der Waals surface area contributed by atoms with Crippen molar-refractivity contribution in [2.24, 2.45) is 0 Å². The molecular formula is C16H20FN5OS. The highest BCUT2D eigenvalue weighted by atomic mass is 32.1. The molecule has 3 rings (SSSR count). The minimum Gasteiger partial charge on any atom is -0.299 e. The number of piperazine rings is 1. The summed E-state index contributed by atoms with van der Waals surface area (Å²) in [5, 5.41) is 11.9. The van der Waals surface area contributed by atoms with Crippen LogP contribution in [0.5, 0.6) is 0 Å². The number of hydrogen-bond donors (Lipinski definition) is 1. The molecule has 128 valence electrons. The van der Waals surface area contributed by atoms with Crippen molar-refractivity contribution in [1.29, 1.82) is 0 Å². The van der Waals surface area contributed by atoms with E-state index in [4.69, 9.17) is 0 Å². The first kappa shape index (κ1) is 16.9. The molecule has 0 bridgehead atoms. The van der Waals surface area contributed by atoms with Crippen molar-refractivity contribution in [1.82, 2.24) is 20.0 Å². The number of carbonyl (C=O) groups is 1. The highest BCUT2D eigenvalue weighted by Crippen LogP contribution is 2.14. The van der Waals surface area contributed by atoms with Crippen molar-refractivity contribution in [3.63, 3.8) is 0 Å². The molecule has 0 unspecified atom stereocenters. The summed E-state index contributed by atoms with van der Waals surface area (Å²) in [5.74, 6) is -0.265. The Hall–Kier alpha value is -1.90. The summed E-state index contributed by atoms with van der Waals surface area (Å²) in [5.41, 5.74) is 1.11. The van der Waals surface area contributed by atoms with Crippen LogP contribution in [0.15, 0.2) is 24.3 Å². The summed E-state index contributed by atoms with van der Waals surface area (Å²) in [6, 6.07) is 6.62. The average molecular weight is 349 g/mol. The number of rotatable bonds is 5. The molecule has 0 radical (unpaired) electrons. The van der Waals surface area contributed by atoms with Crippen LogP contribution in [-0.2, 0) is 11.3 Å². The zero-order valence-electron chi connectivity index (χ0n) is 13.5. The molecule has 1 aromatic heterocycles. The maximum absolute atomic E-state index is 12.9. The number of anilines is 1. The van der Waals surface area contributed by atoms with E-state index < -0.39 is 0 Å². The first-order chi connectivity index (χ1) is 11.6. The van der Waals surface area contributed by atoms with Gasteiger partial charge in [0.15, 0.2) is 0 Å². The van der Waals surface area contributed by atoms with Gasteiger partial charge < -0.3 is 0 Å². The highest BCUT2D eigenvalue weighted by molar-refractivity contribution is 7.15. The van der Waals surface area contributed by atoms with Crippen LogP contribution in [0.25, 0.3) is 0 Å². The van der Waals surface area contributed by atoms with E-state index in [0.717, 1.165) is 43.3 Å². The van der Waals surface area contributed by atoms with Crippen LogP contribution in [0.2, 0.25) is 0 Å². The fourth-order valence-corrected chi connectivity index (χ4v) is 3.27. The van der Waals surface area contributed by atoms with Crippen LogP contribution in [0.4, 0.5) is 9.52 Å². The second kappa shape index (κ2) is 7.78. The van der Waals surface area contributed by atoms with E-state index >= 15 is 0 Å². The second-order valence-electron chi connectivity index (χ2n) is 5.85.